The van der Waals surface area contributed by atoms with Crippen molar-refractivity contribution < 1.29 is 4.79 Å². The summed E-state index contributed by atoms with van der Waals surface area (Å²) in [7, 11) is 0. The fraction of sp³-hybridized carbons (Fsp3) is 0.615. The number of halogens is 1. The Labute approximate surface area is 116 Å². The molecule has 0 aliphatic heterocycles. The second kappa shape index (κ2) is 6.83. The van der Waals surface area contributed by atoms with E-state index in [-0.39, 0.29) is 11.8 Å². The number of carbonyl (C=O) groups is 1. The van der Waals surface area contributed by atoms with Crippen molar-refractivity contribution in [1.82, 2.24) is 9.97 Å². The molecule has 0 saturated heterocycles. The van der Waals surface area contributed by atoms with Gasteiger partial charge in [-0.05, 0) is 28.8 Å². The predicted octanol–water partition coefficient (Wildman–Crippen LogP) is 3.54. The average molecular weight is 312 g/mol. The maximum Gasteiger partial charge on any atom is 0.228 e. The minimum atomic E-state index is 0.0912. The Bertz CT molecular complexity index is 386. The molecule has 1 N–H and O–H groups in total. The molecule has 1 heterocycles. The smallest absolute Gasteiger partial charge is 0.228 e. The van der Waals surface area contributed by atoms with Crippen LogP contribution in [0.3, 0.4) is 0 Å². The van der Waals surface area contributed by atoms with E-state index in [1.54, 1.807) is 12.4 Å². The largest absolute Gasteiger partial charge is 0.309 e. The van der Waals surface area contributed by atoms with Crippen LogP contribution in [-0.4, -0.2) is 15.9 Å². The van der Waals surface area contributed by atoms with Gasteiger partial charge >= 0.3 is 0 Å². The van der Waals surface area contributed by atoms with E-state index in [0.29, 0.717) is 10.4 Å². The Hall–Kier alpha value is -0.970. The summed E-state index contributed by atoms with van der Waals surface area (Å²) in [6, 6.07) is 0. The van der Waals surface area contributed by atoms with Gasteiger partial charge in [-0.15, -0.1) is 0 Å². The van der Waals surface area contributed by atoms with Gasteiger partial charge in [-0.3, -0.25) is 4.79 Å². The molecule has 0 radical (unpaired) electrons. The Morgan fingerprint density at radius 3 is 2.39 bits per heavy atom. The van der Waals surface area contributed by atoms with Gasteiger partial charge in [0, 0.05) is 5.92 Å². The second-order valence-corrected chi connectivity index (χ2v) is 5.57. The highest BCUT2D eigenvalue weighted by Gasteiger charge is 2.19. The number of nitrogens with zero attached hydrogens (tertiary/aromatic N) is 2. The number of rotatable bonds is 2. The highest BCUT2D eigenvalue weighted by atomic mass is 79.9. The average Bonchev–Trinajstić information content (AvgIpc) is 2.31. The van der Waals surface area contributed by atoms with Crippen LogP contribution in [0, 0.1) is 5.92 Å². The Morgan fingerprint density at radius 2 is 1.78 bits per heavy atom. The van der Waals surface area contributed by atoms with Gasteiger partial charge < -0.3 is 5.32 Å². The Kier molecular flexibility index (Phi) is 5.11. The second-order valence-electron chi connectivity index (χ2n) is 4.76. The molecule has 0 atom stereocenters. The first-order chi connectivity index (χ1) is 8.75. The van der Waals surface area contributed by atoms with Gasteiger partial charge in [0.1, 0.15) is 4.60 Å². The van der Waals surface area contributed by atoms with E-state index < -0.39 is 0 Å². The number of anilines is 1. The predicted molar refractivity (Wildman–Crippen MR) is 74.2 cm³/mol. The molecule has 1 aliphatic rings. The summed E-state index contributed by atoms with van der Waals surface area (Å²) in [6.07, 6.45) is 11.3. The third-order valence-corrected chi connectivity index (χ3v) is 3.76. The lowest BCUT2D eigenvalue weighted by atomic mass is 9.90. The maximum absolute atomic E-state index is 12.1. The molecule has 4 nitrogen and oxygen atoms in total. The molecule has 0 spiro atoms. The summed E-state index contributed by atoms with van der Waals surface area (Å²) in [5.74, 6) is 0.759. The van der Waals surface area contributed by atoms with Crippen LogP contribution in [0.2, 0.25) is 0 Å². The molecule has 0 unspecified atom stereocenters. The van der Waals surface area contributed by atoms with Crippen LogP contribution in [0.5, 0.6) is 0 Å². The summed E-state index contributed by atoms with van der Waals surface area (Å²) < 4.78 is 0.673. The highest BCUT2D eigenvalue weighted by Crippen LogP contribution is 2.23. The zero-order chi connectivity index (χ0) is 12.8. The molecule has 1 aliphatic carbocycles. The normalized spacial score (nSPS) is 17.8. The quantitative estimate of drug-likeness (QED) is 0.909. The lowest BCUT2D eigenvalue weighted by Gasteiger charge is -2.18. The number of nitrogens with one attached hydrogen (secondary N) is 1. The molecule has 1 aromatic rings. The molecule has 98 valence electrons. The van der Waals surface area contributed by atoms with Crippen molar-refractivity contribution in [3.8, 4) is 0 Å². The molecule has 1 amide bonds. The molecule has 1 fully saturated rings. The molecule has 5 heteroatoms. The van der Waals surface area contributed by atoms with Crippen molar-refractivity contribution in [2.45, 2.75) is 44.9 Å². The van der Waals surface area contributed by atoms with E-state index in [1.807, 2.05) is 0 Å². The molecular weight excluding hydrogens is 294 g/mol. The maximum atomic E-state index is 12.1. The van der Waals surface area contributed by atoms with E-state index in [0.717, 1.165) is 25.7 Å². The fourth-order valence-corrected chi connectivity index (χ4v) is 2.53. The van der Waals surface area contributed by atoms with Gasteiger partial charge in [0.05, 0.1) is 12.4 Å². The van der Waals surface area contributed by atoms with Crippen LogP contribution in [0.4, 0.5) is 5.82 Å². The zero-order valence-corrected chi connectivity index (χ0v) is 11.9. The minimum absolute atomic E-state index is 0.0912. The number of hydrogen-bond donors (Lipinski definition) is 1. The van der Waals surface area contributed by atoms with Crippen molar-refractivity contribution >= 4 is 27.7 Å². The summed E-state index contributed by atoms with van der Waals surface area (Å²) in [5.41, 5.74) is 0. The lowest BCUT2D eigenvalue weighted by Crippen LogP contribution is -2.24. The minimum Gasteiger partial charge on any atom is -0.309 e. The first-order valence-electron chi connectivity index (χ1n) is 6.54. The summed E-state index contributed by atoms with van der Waals surface area (Å²) in [5, 5.41) is 2.85. The van der Waals surface area contributed by atoms with Gasteiger partial charge in [-0.2, -0.15) is 0 Å². The Morgan fingerprint density at radius 1 is 1.11 bits per heavy atom. The Balaban J connectivity index is 1.91. The standard InChI is InChI=1S/C13H18BrN3O/c14-11-8-16-12(9-15-11)17-13(18)10-6-4-2-1-3-5-7-10/h8-10H,1-7H2,(H,16,17,18). The molecule has 1 aromatic heterocycles. The van der Waals surface area contributed by atoms with Crippen LogP contribution in [0.25, 0.3) is 0 Å². The van der Waals surface area contributed by atoms with Crippen LogP contribution in [-0.2, 0) is 4.79 Å². The number of hydrogen-bond acceptors (Lipinski definition) is 3. The van der Waals surface area contributed by atoms with Crippen molar-refractivity contribution in [3.63, 3.8) is 0 Å². The van der Waals surface area contributed by atoms with Gasteiger partial charge in [0.15, 0.2) is 5.82 Å². The van der Waals surface area contributed by atoms with Gasteiger partial charge in [0.2, 0.25) is 5.91 Å². The van der Waals surface area contributed by atoms with E-state index in [1.165, 1.54) is 19.3 Å². The molecule has 1 saturated carbocycles. The van der Waals surface area contributed by atoms with E-state index in [9.17, 15) is 4.79 Å². The molecule has 2 rings (SSSR count). The number of amides is 1. The number of carbonyl (C=O) groups excluding carboxylic acids is 1. The van der Waals surface area contributed by atoms with Crippen LogP contribution < -0.4 is 5.32 Å². The molecular formula is C13H18BrN3O. The SMILES string of the molecule is O=C(Nc1cnc(Br)cn1)C1CCCCCCC1. The molecule has 0 aromatic carbocycles. The van der Waals surface area contributed by atoms with Crippen molar-refractivity contribution in [2.75, 3.05) is 5.32 Å². The van der Waals surface area contributed by atoms with E-state index in [4.69, 9.17) is 0 Å². The number of aromatic nitrogens is 2. The summed E-state index contributed by atoms with van der Waals surface area (Å²) >= 11 is 3.22. The van der Waals surface area contributed by atoms with Crippen LogP contribution in [0.15, 0.2) is 17.0 Å². The van der Waals surface area contributed by atoms with Gasteiger partial charge in [0.25, 0.3) is 0 Å². The third kappa shape index (κ3) is 4.05. The zero-order valence-electron chi connectivity index (χ0n) is 10.4. The van der Waals surface area contributed by atoms with Crippen molar-refractivity contribution in [1.29, 1.82) is 0 Å². The van der Waals surface area contributed by atoms with Crippen molar-refractivity contribution in [2.24, 2.45) is 5.92 Å². The fourth-order valence-electron chi connectivity index (χ4n) is 2.32. The first-order valence-corrected chi connectivity index (χ1v) is 7.33. The summed E-state index contributed by atoms with van der Waals surface area (Å²) in [4.78, 5) is 20.3. The van der Waals surface area contributed by atoms with E-state index >= 15 is 0 Å². The first kappa shape index (κ1) is 13.5. The van der Waals surface area contributed by atoms with Crippen LogP contribution in [0.1, 0.15) is 44.9 Å². The summed E-state index contributed by atoms with van der Waals surface area (Å²) in [6.45, 7) is 0. The highest BCUT2D eigenvalue weighted by molar-refractivity contribution is 9.10. The lowest BCUT2D eigenvalue weighted by molar-refractivity contribution is -0.120. The molecule has 0 bridgehead atoms. The van der Waals surface area contributed by atoms with Crippen LogP contribution >= 0.6 is 15.9 Å². The van der Waals surface area contributed by atoms with E-state index in [2.05, 4.69) is 31.2 Å². The monoisotopic (exact) mass is 311 g/mol. The van der Waals surface area contributed by atoms with Gasteiger partial charge in [-0.1, -0.05) is 32.1 Å². The third-order valence-electron chi connectivity index (χ3n) is 3.35. The molecule has 18 heavy (non-hydrogen) atoms. The van der Waals surface area contributed by atoms with Crippen molar-refractivity contribution in [3.05, 3.63) is 17.0 Å². The topological polar surface area (TPSA) is 54.9 Å². The van der Waals surface area contributed by atoms with Gasteiger partial charge in [-0.25, -0.2) is 9.97 Å².